The molecule has 0 radical (unpaired) electrons. The highest BCUT2D eigenvalue weighted by molar-refractivity contribution is 9.12. The molecule has 0 aromatic rings. The molecule has 0 aromatic carbocycles. The summed E-state index contributed by atoms with van der Waals surface area (Å²) in [6.07, 6.45) is 0. The maximum Gasteiger partial charge on any atom is 0.108 e. The highest BCUT2D eigenvalue weighted by Crippen LogP contribution is 2.20. The van der Waals surface area contributed by atoms with Crippen LogP contribution in [0.5, 0.6) is 0 Å². The van der Waals surface area contributed by atoms with Crippen LogP contribution in [0.3, 0.4) is 0 Å². The van der Waals surface area contributed by atoms with Gasteiger partial charge in [0, 0.05) is 0 Å². The third-order valence-corrected chi connectivity index (χ3v) is 2.59. The molecule has 0 rings (SSSR count). The van der Waals surface area contributed by atoms with Crippen molar-refractivity contribution >= 4 is 31.9 Å². The molecule has 0 aliphatic carbocycles. The van der Waals surface area contributed by atoms with Gasteiger partial charge in [-0.3, -0.25) is 0 Å². The van der Waals surface area contributed by atoms with Crippen molar-refractivity contribution in [3.8, 4) is 0 Å². The minimum Gasteiger partial charge on any atom is -0.393 e. The minimum absolute atomic E-state index is 0.222. The van der Waals surface area contributed by atoms with Crippen LogP contribution in [-0.2, 0) is 0 Å². The lowest BCUT2D eigenvalue weighted by Gasteiger charge is -2.01. The summed E-state index contributed by atoms with van der Waals surface area (Å²) < 4.78 is 1.15. The van der Waals surface area contributed by atoms with Crippen molar-refractivity contribution in [2.45, 2.75) is 6.92 Å². The third kappa shape index (κ3) is 2.62. The molecule has 0 amide bonds. The second-order valence-corrected chi connectivity index (χ2v) is 3.39. The summed E-state index contributed by atoms with van der Waals surface area (Å²) in [5, 5.41) is 0. The smallest absolute Gasteiger partial charge is 0.108 e. The third-order valence-electron chi connectivity index (χ3n) is 0.941. The van der Waals surface area contributed by atoms with Crippen LogP contribution in [-0.4, -0.2) is 0 Å². The first-order valence-electron chi connectivity index (χ1n) is 2.49. The Kier molecular flexibility index (Phi) is 3.81. The molecule has 0 fully saturated rings. The molecule has 0 bridgehead atoms. The lowest BCUT2D eigenvalue weighted by molar-refractivity contribution is 1.21. The average molecular weight is 271 g/mol. The fraction of sp³-hybridized carbons (Fsp3) is 0.200. The van der Waals surface area contributed by atoms with Crippen molar-refractivity contribution in [1.29, 1.82) is 0 Å². The van der Waals surface area contributed by atoms with E-state index in [0.29, 0.717) is 9.09 Å². The zero-order chi connectivity index (χ0) is 8.31. The van der Waals surface area contributed by atoms with Crippen LogP contribution in [0.4, 0.5) is 0 Å². The zero-order valence-corrected chi connectivity index (χ0v) is 8.66. The lowest BCUT2D eigenvalue weighted by Crippen LogP contribution is -2.11. The summed E-state index contributed by atoms with van der Waals surface area (Å²) in [6.45, 7) is 1.80. The molecule has 5 heteroatoms. The van der Waals surface area contributed by atoms with E-state index in [0.717, 1.165) is 5.57 Å². The van der Waals surface area contributed by atoms with Crippen LogP contribution in [0.15, 0.2) is 20.5 Å². The Balaban J connectivity index is 4.71. The molecule has 0 saturated carbocycles. The minimum atomic E-state index is 0.222. The Hall–Kier alpha value is -0.160. The SMILES string of the molecule is C/C(C(Br)=C(N)N)=C(/N)Br. The first-order chi connectivity index (χ1) is 4.46. The molecule has 0 spiro atoms. The Labute approximate surface area is 76.6 Å². The van der Waals surface area contributed by atoms with Crippen LogP contribution in [0.2, 0.25) is 0 Å². The molecule has 0 aliphatic heterocycles. The zero-order valence-electron chi connectivity index (χ0n) is 5.49. The maximum atomic E-state index is 5.40. The van der Waals surface area contributed by atoms with E-state index in [1.807, 2.05) is 0 Å². The summed E-state index contributed by atoms with van der Waals surface area (Å²) in [5.74, 6) is 0.222. The lowest BCUT2D eigenvalue weighted by atomic mass is 10.3. The van der Waals surface area contributed by atoms with Crippen molar-refractivity contribution in [2.75, 3.05) is 0 Å². The number of hydrogen-bond donors (Lipinski definition) is 3. The van der Waals surface area contributed by atoms with Gasteiger partial charge in [-0.05, 0) is 44.4 Å². The van der Waals surface area contributed by atoms with Crippen LogP contribution in [0, 0.1) is 0 Å². The average Bonchev–Trinajstić information content (AvgIpc) is 1.84. The van der Waals surface area contributed by atoms with E-state index in [2.05, 4.69) is 31.9 Å². The Morgan fingerprint density at radius 2 is 1.50 bits per heavy atom. The number of rotatable bonds is 1. The molecule has 3 nitrogen and oxygen atoms in total. The van der Waals surface area contributed by atoms with E-state index >= 15 is 0 Å². The van der Waals surface area contributed by atoms with Gasteiger partial charge in [0.15, 0.2) is 0 Å². The van der Waals surface area contributed by atoms with Gasteiger partial charge in [0.2, 0.25) is 0 Å². The van der Waals surface area contributed by atoms with Crippen molar-refractivity contribution in [2.24, 2.45) is 17.2 Å². The van der Waals surface area contributed by atoms with Gasteiger partial charge in [0.1, 0.15) is 5.82 Å². The molecule has 0 saturated heterocycles. The van der Waals surface area contributed by atoms with Gasteiger partial charge in [0.25, 0.3) is 0 Å². The van der Waals surface area contributed by atoms with Gasteiger partial charge in [-0.2, -0.15) is 0 Å². The first kappa shape index (κ1) is 9.84. The topological polar surface area (TPSA) is 78.1 Å². The molecule has 58 valence electrons. The predicted molar refractivity (Wildman–Crippen MR) is 50.1 cm³/mol. The molecule has 0 aliphatic rings. The highest BCUT2D eigenvalue weighted by atomic mass is 79.9. The predicted octanol–water partition coefficient (Wildman–Crippen LogP) is 1.05. The van der Waals surface area contributed by atoms with Gasteiger partial charge in [0.05, 0.1) is 9.09 Å². The summed E-state index contributed by atoms with van der Waals surface area (Å²) >= 11 is 6.26. The number of nitrogens with two attached hydrogens (primary N) is 3. The molecule has 0 unspecified atom stereocenters. The van der Waals surface area contributed by atoms with E-state index in [1.165, 1.54) is 0 Å². The number of allylic oxidation sites excluding steroid dienone is 2. The Bertz CT molecular complexity index is 165. The van der Waals surface area contributed by atoms with Gasteiger partial charge in [-0.25, -0.2) is 0 Å². The monoisotopic (exact) mass is 269 g/mol. The van der Waals surface area contributed by atoms with Crippen LogP contribution in [0.1, 0.15) is 6.92 Å². The fourth-order valence-corrected chi connectivity index (χ4v) is 0.999. The summed E-state index contributed by atoms with van der Waals surface area (Å²) in [4.78, 5) is 0. The van der Waals surface area contributed by atoms with Crippen LogP contribution >= 0.6 is 31.9 Å². The van der Waals surface area contributed by atoms with E-state index in [9.17, 15) is 0 Å². The van der Waals surface area contributed by atoms with Crippen molar-refractivity contribution in [3.63, 3.8) is 0 Å². The Morgan fingerprint density at radius 1 is 1.10 bits per heavy atom. The van der Waals surface area contributed by atoms with Crippen LogP contribution < -0.4 is 17.2 Å². The summed E-state index contributed by atoms with van der Waals surface area (Å²) in [7, 11) is 0. The molecule has 0 heterocycles. The van der Waals surface area contributed by atoms with Crippen molar-refractivity contribution < 1.29 is 0 Å². The summed E-state index contributed by atoms with van der Waals surface area (Å²) in [6, 6.07) is 0. The molecule has 10 heavy (non-hydrogen) atoms. The largest absolute Gasteiger partial charge is 0.393 e. The van der Waals surface area contributed by atoms with E-state index in [-0.39, 0.29) is 5.82 Å². The van der Waals surface area contributed by atoms with Gasteiger partial charge >= 0.3 is 0 Å². The molecular formula is C5H9Br2N3. The normalized spacial score (nSPS) is 12.3. The second-order valence-electron chi connectivity index (χ2n) is 1.74. The summed E-state index contributed by atoms with van der Waals surface area (Å²) in [5.41, 5.74) is 16.7. The molecule has 6 N–H and O–H groups in total. The molecule has 0 aromatic heterocycles. The number of hydrogen-bond acceptors (Lipinski definition) is 3. The van der Waals surface area contributed by atoms with Crippen molar-refractivity contribution in [1.82, 2.24) is 0 Å². The van der Waals surface area contributed by atoms with E-state index in [1.54, 1.807) is 6.92 Å². The van der Waals surface area contributed by atoms with Crippen LogP contribution in [0.25, 0.3) is 0 Å². The maximum absolute atomic E-state index is 5.40. The molecule has 0 atom stereocenters. The highest BCUT2D eigenvalue weighted by Gasteiger charge is 2.01. The standard InChI is InChI=1S/C5H9Br2N3/c1-2(4(7)8)3(6)5(9)10/h8-10H2,1H3/b4-2-. The van der Waals surface area contributed by atoms with E-state index < -0.39 is 0 Å². The fourth-order valence-electron chi connectivity index (χ4n) is 0.321. The van der Waals surface area contributed by atoms with Gasteiger partial charge in [-0.15, -0.1) is 0 Å². The van der Waals surface area contributed by atoms with E-state index in [4.69, 9.17) is 17.2 Å². The quantitative estimate of drug-likeness (QED) is 0.492. The molecular weight excluding hydrogens is 262 g/mol. The van der Waals surface area contributed by atoms with Crippen molar-refractivity contribution in [3.05, 3.63) is 20.5 Å². The van der Waals surface area contributed by atoms with Gasteiger partial charge < -0.3 is 17.2 Å². The Morgan fingerprint density at radius 3 is 1.60 bits per heavy atom. The first-order valence-corrected chi connectivity index (χ1v) is 4.08. The second kappa shape index (κ2) is 3.88. The van der Waals surface area contributed by atoms with Gasteiger partial charge in [-0.1, -0.05) is 0 Å². The number of halogens is 2.